The molecular weight excluding hydrogens is 300 g/mol. The van der Waals surface area contributed by atoms with Gasteiger partial charge in [-0.25, -0.2) is 0 Å². The van der Waals surface area contributed by atoms with E-state index in [2.05, 4.69) is 34.5 Å². The third-order valence-electron chi connectivity index (χ3n) is 6.80. The van der Waals surface area contributed by atoms with Crippen molar-refractivity contribution in [2.45, 2.75) is 44.4 Å². The lowest BCUT2D eigenvalue weighted by Crippen LogP contribution is -2.68. The zero-order valence-electron chi connectivity index (χ0n) is 14.4. The quantitative estimate of drug-likeness (QED) is 0.921. The summed E-state index contributed by atoms with van der Waals surface area (Å²) in [6.45, 7) is 5.82. The number of nitrogens with zero attached hydrogens (tertiary/aromatic N) is 1. The van der Waals surface area contributed by atoms with Crippen molar-refractivity contribution in [3.05, 3.63) is 29.8 Å². The van der Waals surface area contributed by atoms with Gasteiger partial charge in [-0.2, -0.15) is 0 Å². The molecule has 2 aliphatic heterocycles. The molecule has 2 saturated heterocycles. The number of hydrogen-bond acceptors (Lipinski definition) is 4. The SMILES string of the molecule is c1cc(CN2CCOCC2)cc(N[C@@H]2[C@@H]3CCO[C@H]3C23CCC3)c1. The number of benzene rings is 1. The highest BCUT2D eigenvalue weighted by Gasteiger charge is 2.66. The third-order valence-corrected chi connectivity index (χ3v) is 6.80. The Labute approximate surface area is 144 Å². The molecule has 4 heteroatoms. The van der Waals surface area contributed by atoms with Crippen LogP contribution in [-0.2, 0) is 16.0 Å². The van der Waals surface area contributed by atoms with Crippen LogP contribution < -0.4 is 5.32 Å². The van der Waals surface area contributed by atoms with E-state index < -0.39 is 0 Å². The van der Waals surface area contributed by atoms with Crippen molar-refractivity contribution >= 4 is 5.69 Å². The minimum Gasteiger partial charge on any atom is -0.381 e. The summed E-state index contributed by atoms with van der Waals surface area (Å²) in [7, 11) is 0. The Kier molecular flexibility index (Phi) is 3.80. The van der Waals surface area contributed by atoms with Crippen LogP contribution in [0, 0.1) is 11.3 Å². The van der Waals surface area contributed by atoms with Gasteiger partial charge >= 0.3 is 0 Å². The Morgan fingerprint density at radius 3 is 2.83 bits per heavy atom. The maximum atomic E-state index is 6.04. The molecule has 4 nitrogen and oxygen atoms in total. The van der Waals surface area contributed by atoms with Crippen molar-refractivity contribution in [3.8, 4) is 0 Å². The molecule has 1 spiro atoms. The molecule has 2 heterocycles. The summed E-state index contributed by atoms with van der Waals surface area (Å²) in [5.74, 6) is 0.730. The van der Waals surface area contributed by atoms with E-state index in [1.165, 1.54) is 36.9 Å². The number of anilines is 1. The summed E-state index contributed by atoms with van der Waals surface area (Å²) >= 11 is 0. The Bertz CT molecular complexity index is 595. The molecule has 0 aromatic heterocycles. The number of rotatable bonds is 4. The molecule has 4 fully saturated rings. The van der Waals surface area contributed by atoms with Gasteiger partial charge in [0.1, 0.15) is 0 Å². The van der Waals surface area contributed by atoms with Crippen LogP contribution in [-0.4, -0.2) is 50.0 Å². The number of hydrogen-bond donors (Lipinski definition) is 1. The van der Waals surface area contributed by atoms with E-state index in [1.54, 1.807) is 0 Å². The summed E-state index contributed by atoms with van der Waals surface area (Å²) in [4.78, 5) is 2.49. The van der Waals surface area contributed by atoms with Gasteiger partial charge in [-0.15, -0.1) is 0 Å². The first kappa shape index (κ1) is 15.2. The van der Waals surface area contributed by atoms with E-state index in [-0.39, 0.29) is 0 Å². The Balaban J connectivity index is 1.28. The van der Waals surface area contributed by atoms with Gasteiger partial charge < -0.3 is 14.8 Å². The minimum atomic E-state index is 0.446. The van der Waals surface area contributed by atoms with Gasteiger partial charge in [-0.1, -0.05) is 18.6 Å². The predicted octanol–water partition coefficient (Wildman–Crippen LogP) is 2.89. The molecule has 130 valence electrons. The molecule has 2 saturated carbocycles. The molecule has 2 aliphatic carbocycles. The average Bonchev–Trinajstić information content (AvgIpc) is 2.98. The van der Waals surface area contributed by atoms with E-state index in [0.717, 1.165) is 45.4 Å². The lowest BCUT2D eigenvalue weighted by atomic mass is 9.46. The van der Waals surface area contributed by atoms with E-state index in [0.29, 0.717) is 17.6 Å². The van der Waals surface area contributed by atoms with Crippen LogP contribution >= 0.6 is 0 Å². The Hall–Kier alpha value is -1.10. The average molecular weight is 328 g/mol. The van der Waals surface area contributed by atoms with Gasteiger partial charge in [0.25, 0.3) is 0 Å². The number of nitrogens with one attached hydrogen (secondary N) is 1. The predicted molar refractivity (Wildman–Crippen MR) is 94.1 cm³/mol. The molecule has 5 rings (SSSR count). The smallest absolute Gasteiger partial charge is 0.0699 e. The van der Waals surface area contributed by atoms with Crippen molar-refractivity contribution in [1.29, 1.82) is 0 Å². The molecule has 3 atom stereocenters. The highest BCUT2D eigenvalue weighted by molar-refractivity contribution is 5.49. The molecule has 1 aromatic carbocycles. The van der Waals surface area contributed by atoms with Gasteiger partial charge in [0, 0.05) is 49.3 Å². The van der Waals surface area contributed by atoms with Gasteiger partial charge in [-0.3, -0.25) is 4.90 Å². The summed E-state index contributed by atoms with van der Waals surface area (Å²) in [5.41, 5.74) is 3.15. The zero-order chi connectivity index (χ0) is 16.0. The first-order valence-corrected chi connectivity index (χ1v) is 9.62. The minimum absolute atomic E-state index is 0.446. The zero-order valence-corrected chi connectivity index (χ0v) is 14.4. The Morgan fingerprint density at radius 2 is 2.04 bits per heavy atom. The van der Waals surface area contributed by atoms with Crippen LogP contribution in [0.1, 0.15) is 31.2 Å². The molecule has 0 radical (unpaired) electrons. The van der Waals surface area contributed by atoms with E-state index >= 15 is 0 Å². The van der Waals surface area contributed by atoms with Crippen molar-refractivity contribution < 1.29 is 9.47 Å². The second-order valence-electron chi connectivity index (χ2n) is 8.04. The summed E-state index contributed by atoms with van der Waals surface area (Å²) in [6, 6.07) is 9.66. The van der Waals surface area contributed by atoms with Crippen LogP contribution in [0.3, 0.4) is 0 Å². The second kappa shape index (κ2) is 6.01. The molecule has 0 amide bonds. The normalized spacial score (nSPS) is 34.4. The van der Waals surface area contributed by atoms with Crippen molar-refractivity contribution in [2.24, 2.45) is 11.3 Å². The number of fused-ring (bicyclic) bond motifs is 2. The maximum absolute atomic E-state index is 6.04. The summed E-state index contributed by atoms with van der Waals surface area (Å²) in [6.07, 6.45) is 5.85. The van der Waals surface area contributed by atoms with Crippen LogP contribution in [0.2, 0.25) is 0 Å². The van der Waals surface area contributed by atoms with E-state index in [9.17, 15) is 0 Å². The summed E-state index contributed by atoms with van der Waals surface area (Å²) in [5, 5.41) is 3.90. The lowest BCUT2D eigenvalue weighted by Gasteiger charge is -2.63. The fourth-order valence-corrected chi connectivity index (χ4v) is 5.41. The first-order valence-electron chi connectivity index (χ1n) is 9.62. The van der Waals surface area contributed by atoms with Crippen molar-refractivity contribution in [1.82, 2.24) is 4.90 Å². The van der Waals surface area contributed by atoms with Crippen LogP contribution in [0.25, 0.3) is 0 Å². The van der Waals surface area contributed by atoms with Crippen LogP contribution in [0.4, 0.5) is 5.69 Å². The van der Waals surface area contributed by atoms with Crippen molar-refractivity contribution in [2.75, 3.05) is 38.2 Å². The molecule has 0 bridgehead atoms. The van der Waals surface area contributed by atoms with Gasteiger partial charge in [0.15, 0.2) is 0 Å². The van der Waals surface area contributed by atoms with Crippen molar-refractivity contribution in [3.63, 3.8) is 0 Å². The highest BCUT2D eigenvalue weighted by atomic mass is 16.5. The summed E-state index contributed by atoms with van der Waals surface area (Å²) < 4.78 is 11.5. The molecular formula is C20H28N2O2. The molecule has 24 heavy (non-hydrogen) atoms. The van der Waals surface area contributed by atoms with Gasteiger partial charge in [-0.05, 0) is 37.0 Å². The first-order chi connectivity index (χ1) is 11.9. The lowest BCUT2D eigenvalue weighted by molar-refractivity contribution is -0.158. The van der Waals surface area contributed by atoms with Crippen LogP contribution in [0.15, 0.2) is 24.3 Å². The van der Waals surface area contributed by atoms with Gasteiger partial charge in [0.2, 0.25) is 0 Å². The third kappa shape index (κ3) is 2.39. The second-order valence-corrected chi connectivity index (χ2v) is 8.04. The molecule has 1 aromatic rings. The number of ether oxygens (including phenoxy) is 2. The number of morpholine rings is 1. The van der Waals surface area contributed by atoms with E-state index in [4.69, 9.17) is 9.47 Å². The monoisotopic (exact) mass is 328 g/mol. The topological polar surface area (TPSA) is 33.7 Å². The highest BCUT2D eigenvalue weighted by Crippen LogP contribution is 2.63. The molecule has 0 unspecified atom stereocenters. The van der Waals surface area contributed by atoms with Crippen LogP contribution in [0.5, 0.6) is 0 Å². The maximum Gasteiger partial charge on any atom is 0.0699 e. The largest absolute Gasteiger partial charge is 0.381 e. The van der Waals surface area contributed by atoms with Gasteiger partial charge in [0.05, 0.1) is 19.3 Å². The molecule has 1 N–H and O–H groups in total. The Morgan fingerprint density at radius 1 is 1.17 bits per heavy atom. The fourth-order valence-electron chi connectivity index (χ4n) is 5.41. The van der Waals surface area contributed by atoms with E-state index in [1.807, 2.05) is 0 Å². The molecule has 4 aliphatic rings. The standard InChI is InChI=1S/C20H28N2O2/c1-3-15(14-22-8-11-23-12-9-22)13-16(4-1)21-18-17-5-10-24-19(17)20(18)6-2-7-20/h1,3-4,13,17-19,21H,2,5-12,14H2/t17-,18+,19+/m0/s1. The fraction of sp³-hybridized carbons (Fsp3) is 0.700.